The van der Waals surface area contributed by atoms with Gasteiger partial charge in [-0.25, -0.2) is 0 Å². The maximum Gasteiger partial charge on any atom is 0.119 e. The van der Waals surface area contributed by atoms with Gasteiger partial charge in [-0.3, -0.25) is 4.90 Å². The van der Waals surface area contributed by atoms with Crippen molar-refractivity contribution in [3.05, 3.63) is 64.8 Å². The minimum absolute atomic E-state index is 0.951. The first-order valence-electron chi connectivity index (χ1n) is 10.3. The third-order valence-corrected chi connectivity index (χ3v) is 6.09. The number of nitrogens with zero attached hydrogens (tertiary/aromatic N) is 2. The van der Waals surface area contributed by atoms with E-state index >= 15 is 0 Å². The van der Waals surface area contributed by atoms with E-state index in [-0.39, 0.29) is 0 Å². The highest BCUT2D eigenvalue weighted by molar-refractivity contribution is 5.84. The number of hydrogen-bond donors (Lipinski definition) is 1. The van der Waals surface area contributed by atoms with E-state index < -0.39 is 0 Å². The lowest BCUT2D eigenvalue weighted by Crippen LogP contribution is -2.46. The fourth-order valence-corrected chi connectivity index (χ4v) is 4.15. The molecular formula is C24H31N3O. The van der Waals surface area contributed by atoms with Crippen molar-refractivity contribution in [2.24, 2.45) is 0 Å². The van der Waals surface area contributed by atoms with Crippen molar-refractivity contribution in [1.82, 2.24) is 14.8 Å². The molecular weight excluding hydrogens is 346 g/mol. The molecule has 0 aliphatic carbocycles. The Hall–Kier alpha value is -2.30. The number of nitrogens with one attached hydrogen (secondary N) is 1. The van der Waals surface area contributed by atoms with Gasteiger partial charge in [0.05, 0.1) is 7.11 Å². The van der Waals surface area contributed by atoms with Crippen molar-refractivity contribution in [3.8, 4) is 5.75 Å². The predicted molar refractivity (Wildman–Crippen MR) is 116 cm³/mol. The highest BCUT2D eigenvalue weighted by atomic mass is 16.5. The van der Waals surface area contributed by atoms with Crippen LogP contribution in [0.4, 0.5) is 0 Å². The second kappa shape index (κ2) is 8.38. The summed E-state index contributed by atoms with van der Waals surface area (Å²) in [6.07, 6.45) is 1.08. The Morgan fingerprint density at radius 3 is 2.50 bits per heavy atom. The molecule has 1 fully saturated rings. The Labute approximate surface area is 168 Å². The third kappa shape index (κ3) is 4.23. The lowest BCUT2D eigenvalue weighted by atomic mass is 10.1. The predicted octanol–water partition coefficient (Wildman–Crippen LogP) is 4.15. The van der Waals surface area contributed by atoms with Crippen LogP contribution >= 0.6 is 0 Å². The van der Waals surface area contributed by atoms with Crippen LogP contribution in [0.25, 0.3) is 10.9 Å². The minimum Gasteiger partial charge on any atom is -0.497 e. The van der Waals surface area contributed by atoms with Gasteiger partial charge in [0.1, 0.15) is 5.75 Å². The topological polar surface area (TPSA) is 31.5 Å². The molecule has 0 radical (unpaired) electrons. The lowest BCUT2D eigenvalue weighted by molar-refractivity contribution is 0.128. The van der Waals surface area contributed by atoms with Gasteiger partial charge in [-0.2, -0.15) is 0 Å². The molecule has 0 saturated carbocycles. The normalized spacial score (nSPS) is 16.0. The minimum atomic E-state index is 0.951. The summed E-state index contributed by atoms with van der Waals surface area (Å²) in [6.45, 7) is 11.1. The van der Waals surface area contributed by atoms with Crippen LogP contribution in [0.2, 0.25) is 0 Å². The second-order valence-electron chi connectivity index (χ2n) is 7.97. The molecule has 4 nitrogen and oxygen atoms in total. The monoisotopic (exact) mass is 377 g/mol. The Bertz CT molecular complexity index is 938. The number of aryl methyl sites for hydroxylation is 2. The number of methoxy groups -OCH3 is 1. The van der Waals surface area contributed by atoms with Crippen molar-refractivity contribution in [3.63, 3.8) is 0 Å². The van der Waals surface area contributed by atoms with Crippen molar-refractivity contribution in [1.29, 1.82) is 0 Å². The zero-order valence-electron chi connectivity index (χ0n) is 17.3. The van der Waals surface area contributed by atoms with E-state index in [4.69, 9.17) is 4.74 Å². The number of ether oxygens (including phenoxy) is 1. The van der Waals surface area contributed by atoms with Gasteiger partial charge >= 0.3 is 0 Å². The summed E-state index contributed by atoms with van der Waals surface area (Å²) in [5.41, 5.74) is 6.67. The molecule has 1 aliphatic heterocycles. The highest BCUT2D eigenvalue weighted by Gasteiger charge is 2.17. The van der Waals surface area contributed by atoms with Gasteiger partial charge in [-0.05, 0) is 61.2 Å². The Morgan fingerprint density at radius 1 is 0.929 bits per heavy atom. The summed E-state index contributed by atoms with van der Waals surface area (Å²) in [5.74, 6) is 0.951. The number of rotatable bonds is 6. The molecule has 0 atom stereocenters. The average Bonchev–Trinajstić information content (AvgIpc) is 3.01. The van der Waals surface area contributed by atoms with E-state index in [1.165, 1.54) is 33.3 Å². The number of aromatic nitrogens is 1. The molecule has 28 heavy (non-hydrogen) atoms. The number of aromatic amines is 1. The van der Waals surface area contributed by atoms with Gasteiger partial charge in [-0.1, -0.05) is 18.2 Å². The van der Waals surface area contributed by atoms with E-state index in [9.17, 15) is 0 Å². The molecule has 0 bridgehead atoms. The van der Waals surface area contributed by atoms with Crippen molar-refractivity contribution in [2.45, 2.75) is 26.8 Å². The van der Waals surface area contributed by atoms with Crippen LogP contribution in [0.15, 0.2) is 42.5 Å². The molecule has 148 valence electrons. The van der Waals surface area contributed by atoms with Gasteiger partial charge in [0, 0.05) is 55.9 Å². The highest BCUT2D eigenvalue weighted by Crippen LogP contribution is 2.23. The van der Waals surface area contributed by atoms with Gasteiger partial charge in [0.2, 0.25) is 0 Å². The maximum absolute atomic E-state index is 5.33. The molecule has 4 rings (SSSR count). The van der Waals surface area contributed by atoms with Crippen molar-refractivity contribution in [2.75, 3.05) is 39.8 Å². The summed E-state index contributed by atoms with van der Waals surface area (Å²) in [7, 11) is 1.73. The molecule has 0 unspecified atom stereocenters. The molecule has 2 aromatic carbocycles. The largest absolute Gasteiger partial charge is 0.497 e. The summed E-state index contributed by atoms with van der Waals surface area (Å²) >= 11 is 0. The lowest BCUT2D eigenvalue weighted by Gasteiger charge is -2.34. The smallest absolute Gasteiger partial charge is 0.119 e. The van der Waals surface area contributed by atoms with Crippen LogP contribution in [0, 0.1) is 13.8 Å². The molecule has 4 heteroatoms. The number of hydrogen-bond acceptors (Lipinski definition) is 3. The molecule has 0 amide bonds. The fraction of sp³-hybridized carbons (Fsp3) is 0.417. The van der Waals surface area contributed by atoms with Crippen molar-refractivity contribution < 1.29 is 4.74 Å². The van der Waals surface area contributed by atoms with Crippen LogP contribution in [-0.2, 0) is 13.0 Å². The number of H-pyrrole nitrogens is 1. The van der Waals surface area contributed by atoms with Crippen LogP contribution in [-0.4, -0.2) is 54.6 Å². The molecule has 2 heterocycles. The third-order valence-electron chi connectivity index (χ3n) is 6.09. The summed E-state index contributed by atoms with van der Waals surface area (Å²) < 4.78 is 5.33. The number of fused-ring (bicyclic) bond motifs is 1. The van der Waals surface area contributed by atoms with Gasteiger partial charge in [0.25, 0.3) is 0 Å². The first-order chi connectivity index (χ1) is 13.6. The van der Waals surface area contributed by atoms with E-state index in [0.717, 1.165) is 51.4 Å². The first kappa shape index (κ1) is 19.0. The van der Waals surface area contributed by atoms with E-state index in [2.05, 4.69) is 65.0 Å². The van der Waals surface area contributed by atoms with E-state index in [0.29, 0.717) is 0 Å². The molecule has 1 N–H and O–H groups in total. The molecule has 1 aromatic heterocycles. The molecule has 0 spiro atoms. The number of piperazine rings is 1. The zero-order chi connectivity index (χ0) is 19.5. The van der Waals surface area contributed by atoms with Gasteiger partial charge in [0.15, 0.2) is 0 Å². The zero-order valence-corrected chi connectivity index (χ0v) is 17.3. The van der Waals surface area contributed by atoms with E-state index in [1.54, 1.807) is 7.11 Å². The maximum atomic E-state index is 5.33. The number of benzene rings is 2. The average molecular weight is 378 g/mol. The van der Waals surface area contributed by atoms with E-state index in [1.807, 2.05) is 6.07 Å². The summed E-state index contributed by atoms with van der Waals surface area (Å²) in [5, 5.41) is 1.37. The Kier molecular flexibility index (Phi) is 5.69. The SMILES string of the molecule is COc1cccc(CCN2CCN(Cc3ccc4[nH]c(C)c(C)c4c3)CC2)c1. The van der Waals surface area contributed by atoms with Crippen LogP contribution < -0.4 is 4.74 Å². The standard InChI is InChI=1S/C24H31N3O/c1-18-19(2)25-24-8-7-21(16-23(18)24)17-27-13-11-26(12-14-27)10-9-20-5-4-6-22(15-20)28-3/h4-8,15-16,25H,9-14,17H2,1-3H3. The van der Waals surface area contributed by atoms with Crippen LogP contribution in [0.1, 0.15) is 22.4 Å². The van der Waals surface area contributed by atoms with Crippen LogP contribution in [0.3, 0.4) is 0 Å². The Morgan fingerprint density at radius 2 is 1.71 bits per heavy atom. The van der Waals surface area contributed by atoms with Gasteiger partial charge < -0.3 is 14.6 Å². The quantitative estimate of drug-likeness (QED) is 0.700. The van der Waals surface area contributed by atoms with Gasteiger partial charge in [-0.15, -0.1) is 0 Å². The van der Waals surface area contributed by atoms with Crippen LogP contribution in [0.5, 0.6) is 5.75 Å². The second-order valence-corrected chi connectivity index (χ2v) is 7.97. The van der Waals surface area contributed by atoms with Crippen molar-refractivity contribution >= 4 is 10.9 Å². The fourth-order valence-electron chi connectivity index (χ4n) is 4.15. The summed E-state index contributed by atoms with van der Waals surface area (Å²) in [6, 6.07) is 15.3. The Balaban J connectivity index is 1.29. The summed E-state index contributed by atoms with van der Waals surface area (Å²) in [4.78, 5) is 8.63. The molecule has 3 aromatic rings. The molecule has 1 saturated heterocycles. The first-order valence-corrected chi connectivity index (χ1v) is 10.3. The molecule has 1 aliphatic rings.